The lowest BCUT2D eigenvalue weighted by Gasteiger charge is -2.20. The minimum atomic E-state index is -0.897. The van der Waals surface area contributed by atoms with Crippen molar-refractivity contribution in [2.24, 2.45) is 5.92 Å². The predicted molar refractivity (Wildman–Crippen MR) is 47.7 cm³/mol. The van der Waals surface area contributed by atoms with Gasteiger partial charge in [-0.05, 0) is 19.3 Å². The van der Waals surface area contributed by atoms with Crippen LogP contribution in [0.2, 0.25) is 0 Å². The highest BCUT2D eigenvalue weighted by atomic mass is 16.3. The summed E-state index contributed by atoms with van der Waals surface area (Å²) >= 11 is 0. The zero-order valence-corrected chi connectivity index (χ0v) is 7.64. The van der Waals surface area contributed by atoms with Gasteiger partial charge in [-0.1, -0.05) is 13.0 Å². The van der Waals surface area contributed by atoms with Crippen molar-refractivity contribution in [1.29, 1.82) is 0 Å². The first-order valence-corrected chi connectivity index (χ1v) is 4.15. The summed E-state index contributed by atoms with van der Waals surface area (Å²) in [6.07, 6.45) is -0.514. The van der Waals surface area contributed by atoms with Gasteiger partial charge >= 0.3 is 0 Å². The monoisotopic (exact) mass is 174 g/mol. The van der Waals surface area contributed by atoms with E-state index in [0.717, 1.165) is 0 Å². The van der Waals surface area contributed by atoms with Gasteiger partial charge in [0.05, 0.1) is 18.3 Å². The van der Waals surface area contributed by atoms with E-state index in [1.165, 1.54) is 6.08 Å². The van der Waals surface area contributed by atoms with Crippen molar-refractivity contribution in [3.05, 3.63) is 12.7 Å². The molecule has 0 aromatic rings. The van der Waals surface area contributed by atoms with Gasteiger partial charge in [0.2, 0.25) is 0 Å². The van der Waals surface area contributed by atoms with Gasteiger partial charge in [-0.25, -0.2) is 0 Å². The van der Waals surface area contributed by atoms with Crippen LogP contribution >= 0.6 is 0 Å². The topological polar surface area (TPSA) is 60.7 Å². The summed E-state index contributed by atoms with van der Waals surface area (Å²) in [6.45, 7) is 6.85. The smallest absolute Gasteiger partial charge is 0.0977 e. The zero-order chi connectivity index (χ0) is 9.72. The molecule has 0 saturated carbocycles. The van der Waals surface area contributed by atoms with Crippen LogP contribution in [0.3, 0.4) is 0 Å². The molecule has 0 rings (SSSR count). The van der Waals surface area contributed by atoms with Crippen LogP contribution < -0.4 is 0 Å². The van der Waals surface area contributed by atoms with Crippen molar-refractivity contribution < 1.29 is 15.3 Å². The Morgan fingerprint density at radius 2 is 1.75 bits per heavy atom. The lowest BCUT2D eigenvalue weighted by molar-refractivity contribution is 0.0150. The molecular weight excluding hydrogens is 156 g/mol. The summed E-state index contributed by atoms with van der Waals surface area (Å²) in [5.41, 5.74) is 0. The first kappa shape index (κ1) is 11.6. The van der Waals surface area contributed by atoms with Crippen molar-refractivity contribution in [1.82, 2.24) is 0 Å². The summed E-state index contributed by atoms with van der Waals surface area (Å²) in [5.74, 6) is -0.0189. The molecule has 0 aromatic heterocycles. The second-order valence-electron chi connectivity index (χ2n) is 3.25. The Morgan fingerprint density at radius 3 is 2.08 bits per heavy atom. The van der Waals surface area contributed by atoms with Gasteiger partial charge in [0.25, 0.3) is 0 Å². The molecule has 0 amide bonds. The van der Waals surface area contributed by atoms with Gasteiger partial charge in [0.1, 0.15) is 0 Å². The maximum Gasteiger partial charge on any atom is 0.0977 e. The molecule has 0 bridgehead atoms. The van der Waals surface area contributed by atoms with E-state index in [1.807, 2.05) is 6.92 Å². The molecule has 0 spiro atoms. The third-order valence-electron chi connectivity index (χ3n) is 2.07. The lowest BCUT2D eigenvalue weighted by atomic mass is 9.96. The molecular formula is C9H18O3. The van der Waals surface area contributed by atoms with Crippen LogP contribution in [0, 0.1) is 5.92 Å². The molecule has 4 atom stereocenters. The van der Waals surface area contributed by atoms with Crippen LogP contribution in [0.15, 0.2) is 12.7 Å². The maximum atomic E-state index is 9.30. The second-order valence-corrected chi connectivity index (χ2v) is 3.25. The number of aliphatic hydroxyl groups is 3. The molecule has 72 valence electrons. The van der Waals surface area contributed by atoms with Crippen LogP contribution in [0.1, 0.15) is 20.3 Å². The van der Waals surface area contributed by atoms with Gasteiger partial charge in [0, 0.05) is 0 Å². The van der Waals surface area contributed by atoms with Crippen molar-refractivity contribution in [2.45, 2.75) is 38.6 Å². The Bertz CT molecular complexity index is 134. The van der Waals surface area contributed by atoms with Crippen molar-refractivity contribution in [2.75, 3.05) is 0 Å². The molecule has 0 heterocycles. The number of aliphatic hydroxyl groups excluding tert-OH is 3. The predicted octanol–water partition coefficient (Wildman–Crippen LogP) is 0.301. The third kappa shape index (κ3) is 3.85. The molecule has 0 aliphatic carbocycles. The van der Waals surface area contributed by atoms with E-state index in [-0.39, 0.29) is 5.92 Å². The molecule has 2 unspecified atom stereocenters. The normalized spacial score (nSPS) is 21.1. The Morgan fingerprint density at radius 1 is 1.25 bits per heavy atom. The van der Waals surface area contributed by atoms with Crippen LogP contribution in [-0.4, -0.2) is 33.6 Å². The van der Waals surface area contributed by atoms with Crippen LogP contribution in [-0.2, 0) is 0 Å². The van der Waals surface area contributed by atoms with E-state index in [1.54, 1.807) is 6.92 Å². The number of hydrogen-bond donors (Lipinski definition) is 3. The highest BCUT2D eigenvalue weighted by Crippen LogP contribution is 2.13. The fourth-order valence-electron chi connectivity index (χ4n) is 0.874. The lowest BCUT2D eigenvalue weighted by Crippen LogP contribution is -2.28. The Hall–Kier alpha value is -0.380. The molecule has 0 aromatic carbocycles. The highest BCUT2D eigenvalue weighted by molar-refractivity contribution is 4.85. The average Bonchev–Trinajstić information content (AvgIpc) is 2.02. The van der Waals surface area contributed by atoms with Crippen molar-refractivity contribution >= 4 is 0 Å². The summed E-state index contributed by atoms with van der Waals surface area (Å²) in [6, 6.07) is 0. The fraction of sp³-hybridized carbons (Fsp3) is 0.778. The number of rotatable bonds is 5. The van der Waals surface area contributed by atoms with E-state index in [2.05, 4.69) is 6.58 Å². The van der Waals surface area contributed by atoms with E-state index in [9.17, 15) is 5.11 Å². The van der Waals surface area contributed by atoms with E-state index < -0.39 is 18.3 Å². The van der Waals surface area contributed by atoms with Gasteiger partial charge in [-0.2, -0.15) is 0 Å². The first-order valence-electron chi connectivity index (χ1n) is 4.15. The standard InChI is InChI=1S/C9H18O3/c1-4-8(11)9(12)5-6(2)7(3)10/h4,6-12H,1,5H2,2-3H3/t6?,7?,8-,9-/m0/s1. The van der Waals surface area contributed by atoms with E-state index in [4.69, 9.17) is 10.2 Å². The van der Waals surface area contributed by atoms with Crippen molar-refractivity contribution in [3.8, 4) is 0 Å². The second kappa shape index (κ2) is 5.30. The summed E-state index contributed by atoms with van der Waals surface area (Å²) in [4.78, 5) is 0. The molecule has 3 heteroatoms. The largest absolute Gasteiger partial charge is 0.393 e. The molecule has 0 radical (unpaired) electrons. The molecule has 12 heavy (non-hydrogen) atoms. The minimum Gasteiger partial charge on any atom is -0.393 e. The quantitative estimate of drug-likeness (QED) is 0.525. The average molecular weight is 174 g/mol. The molecule has 3 N–H and O–H groups in total. The zero-order valence-electron chi connectivity index (χ0n) is 7.64. The minimum absolute atomic E-state index is 0.0189. The van der Waals surface area contributed by atoms with Crippen molar-refractivity contribution in [3.63, 3.8) is 0 Å². The Kier molecular flexibility index (Phi) is 5.13. The number of hydrogen-bond acceptors (Lipinski definition) is 3. The summed E-state index contributed by atoms with van der Waals surface area (Å²) in [5, 5.41) is 27.5. The summed E-state index contributed by atoms with van der Waals surface area (Å²) in [7, 11) is 0. The Balaban J connectivity index is 3.82. The van der Waals surface area contributed by atoms with Crippen LogP contribution in [0.4, 0.5) is 0 Å². The molecule has 0 fully saturated rings. The van der Waals surface area contributed by atoms with E-state index >= 15 is 0 Å². The molecule has 0 aliphatic heterocycles. The van der Waals surface area contributed by atoms with Crippen LogP contribution in [0.25, 0.3) is 0 Å². The summed E-state index contributed by atoms with van der Waals surface area (Å²) < 4.78 is 0. The van der Waals surface area contributed by atoms with Gasteiger partial charge < -0.3 is 15.3 Å². The fourth-order valence-corrected chi connectivity index (χ4v) is 0.874. The molecule has 0 saturated heterocycles. The maximum absolute atomic E-state index is 9.30. The van der Waals surface area contributed by atoms with Crippen LogP contribution in [0.5, 0.6) is 0 Å². The third-order valence-corrected chi connectivity index (χ3v) is 2.07. The SMILES string of the molecule is C=C[C@H](O)[C@@H](O)CC(C)C(C)O. The van der Waals surface area contributed by atoms with E-state index in [0.29, 0.717) is 6.42 Å². The molecule has 0 aliphatic rings. The Labute approximate surface area is 73.4 Å². The first-order chi connectivity index (χ1) is 5.49. The molecule has 3 nitrogen and oxygen atoms in total. The van der Waals surface area contributed by atoms with Gasteiger partial charge in [0.15, 0.2) is 0 Å². The van der Waals surface area contributed by atoms with Gasteiger partial charge in [-0.3, -0.25) is 0 Å². The van der Waals surface area contributed by atoms with Gasteiger partial charge in [-0.15, -0.1) is 6.58 Å². The highest BCUT2D eigenvalue weighted by Gasteiger charge is 2.18.